The predicted octanol–water partition coefficient (Wildman–Crippen LogP) is 2.95. The van der Waals surface area contributed by atoms with Crippen molar-refractivity contribution in [2.45, 2.75) is 32.1 Å². The second-order valence-electron chi connectivity index (χ2n) is 5.48. The second-order valence-corrected chi connectivity index (χ2v) is 5.75. The number of halogens is 1. The molecule has 1 aromatic rings. The number of benzene rings is 1. The van der Waals surface area contributed by atoms with Gasteiger partial charge in [-0.3, -0.25) is 0 Å². The minimum absolute atomic E-state index is 0.196. The molecule has 0 fully saturated rings. The van der Waals surface area contributed by atoms with Crippen LogP contribution >= 0.6 is 11.6 Å². The predicted molar refractivity (Wildman–Crippen MR) is 81.9 cm³/mol. The van der Waals surface area contributed by atoms with Crippen LogP contribution < -0.4 is 20.1 Å². The number of fused-ring (bicyclic) bond motifs is 1. The fraction of sp³-hybridized carbons (Fsp3) is 0.400. The van der Waals surface area contributed by atoms with Gasteiger partial charge in [0.15, 0.2) is 11.5 Å². The summed E-state index contributed by atoms with van der Waals surface area (Å²) in [6, 6.07) is 4.71. The number of alkyl halides is 1. The van der Waals surface area contributed by atoms with Crippen molar-refractivity contribution in [3.63, 3.8) is 0 Å². The quantitative estimate of drug-likeness (QED) is 0.667. The highest BCUT2D eigenvalue weighted by Crippen LogP contribution is 2.41. The Hall–Kier alpha value is -2.06. The van der Waals surface area contributed by atoms with Crippen LogP contribution in [0.2, 0.25) is 0 Å². The summed E-state index contributed by atoms with van der Waals surface area (Å²) in [5.74, 6) is 2.93. The highest BCUT2D eigenvalue weighted by molar-refractivity contribution is 6.18. The Morgan fingerprint density at radius 2 is 2.10 bits per heavy atom. The molecule has 2 N–H and O–H groups in total. The molecule has 6 heteroatoms. The number of ether oxygens (including phenoxy) is 2. The Morgan fingerprint density at radius 1 is 1.43 bits per heavy atom. The van der Waals surface area contributed by atoms with Gasteiger partial charge in [0.1, 0.15) is 0 Å². The number of urea groups is 1. The molecule has 2 rings (SSSR count). The van der Waals surface area contributed by atoms with Crippen LogP contribution in [0.3, 0.4) is 0 Å². The monoisotopic (exact) mass is 308 g/mol. The Balaban J connectivity index is 2.07. The first-order valence-electron chi connectivity index (χ1n) is 6.42. The van der Waals surface area contributed by atoms with E-state index >= 15 is 0 Å². The van der Waals surface area contributed by atoms with Crippen LogP contribution in [0.1, 0.15) is 20.8 Å². The van der Waals surface area contributed by atoms with Crippen molar-refractivity contribution < 1.29 is 14.3 Å². The first-order valence-corrected chi connectivity index (χ1v) is 6.95. The van der Waals surface area contributed by atoms with Gasteiger partial charge in [-0.2, -0.15) is 0 Å². The number of rotatable bonds is 3. The van der Waals surface area contributed by atoms with Gasteiger partial charge in [-0.05, 0) is 26.0 Å². The first-order chi connectivity index (χ1) is 9.77. The Labute approximate surface area is 129 Å². The number of carbonyl (C=O) groups excluding carboxylic acids is 1. The zero-order valence-corrected chi connectivity index (χ0v) is 12.9. The van der Waals surface area contributed by atoms with Crippen LogP contribution in [0.25, 0.3) is 0 Å². The molecule has 1 aliphatic rings. The van der Waals surface area contributed by atoms with E-state index in [1.54, 1.807) is 39.0 Å². The van der Waals surface area contributed by atoms with E-state index in [0.29, 0.717) is 17.2 Å². The van der Waals surface area contributed by atoms with E-state index in [2.05, 4.69) is 16.6 Å². The molecule has 0 saturated heterocycles. The fourth-order valence-electron chi connectivity index (χ4n) is 1.77. The summed E-state index contributed by atoms with van der Waals surface area (Å²) in [6.07, 6.45) is 5.33. The van der Waals surface area contributed by atoms with Crippen molar-refractivity contribution in [1.82, 2.24) is 5.32 Å². The third-order valence-electron chi connectivity index (χ3n) is 2.88. The topological polar surface area (TPSA) is 59.6 Å². The summed E-state index contributed by atoms with van der Waals surface area (Å²) < 4.78 is 11.2. The van der Waals surface area contributed by atoms with Gasteiger partial charge in [0, 0.05) is 18.7 Å². The molecule has 0 bridgehead atoms. The highest BCUT2D eigenvalue weighted by Gasteiger charge is 2.36. The number of hydrogen-bond acceptors (Lipinski definition) is 3. The molecule has 2 amide bonds. The Kier molecular flexibility index (Phi) is 3.93. The Morgan fingerprint density at radius 3 is 2.71 bits per heavy atom. The van der Waals surface area contributed by atoms with Crippen molar-refractivity contribution in [2.75, 3.05) is 11.2 Å². The largest absolute Gasteiger partial charge is 0.447 e. The zero-order valence-electron chi connectivity index (χ0n) is 12.1. The van der Waals surface area contributed by atoms with Crippen molar-refractivity contribution in [3.8, 4) is 23.8 Å². The number of nitrogens with one attached hydrogen (secondary N) is 2. The molecule has 1 unspecified atom stereocenters. The van der Waals surface area contributed by atoms with Gasteiger partial charge < -0.3 is 20.1 Å². The number of amides is 2. The third-order valence-corrected chi connectivity index (χ3v) is 3.37. The van der Waals surface area contributed by atoms with Crippen molar-refractivity contribution in [3.05, 3.63) is 18.2 Å². The summed E-state index contributed by atoms with van der Waals surface area (Å²) in [5, 5.41) is 5.36. The third kappa shape index (κ3) is 3.53. The molecule has 0 spiro atoms. The molecular weight excluding hydrogens is 292 g/mol. The molecule has 5 nitrogen and oxygen atoms in total. The summed E-state index contributed by atoms with van der Waals surface area (Å²) in [4.78, 5) is 11.9. The molecule has 1 heterocycles. The standard InChI is InChI=1S/C15H17ClN2O3/c1-5-14(2,3)18-13(19)17-10-6-7-11-12(8-10)21-15(4,9-16)20-11/h1,6-8H,9H2,2-4H3,(H2,17,18,19). The molecule has 1 aromatic carbocycles. The summed E-state index contributed by atoms with van der Waals surface area (Å²) in [6.45, 7) is 5.21. The van der Waals surface area contributed by atoms with E-state index in [-0.39, 0.29) is 5.88 Å². The van der Waals surface area contributed by atoms with Crippen molar-refractivity contribution in [2.24, 2.45) is 0 Å². The van der Waals surface area contributed by atoms with Gasteiger partial charge in [0.05, 0.1) is 11.4 Å². The van der Waals surface area contributed by atoms with Crippen molar-refractivity contribution in [1.29, 1.82) is 0 Å². The molecule has 0 radical (unpaired) electrons. The van der Waals surface area contributed by atoms with E-state index in [1.165, 1.54) is 0 Å². The summed E-state index contributed by atoms with van der Waals surface area (Å²) in [5.41, 5.74) is -0.154. The highest BCUT2D eigenvalue weighted by atomic mass is 35.5. The fourth-order valence-corrected chi connectivity index (χ4v) is 1.88. The maximum Gasteiger partial charge on any atom is 0.320 e. The molecular formula is C15H17ClN2O3. The minimum Gasteiger partial charge on any atom is -0.447 e. The number of anilines is 1. The van der Waals surface area contributed by atoms with Crippen LogP contribution in [-0.2, 0) is 0 Å². The minimum atomic E-state index is -0.879. The van der Waals surface area contributed by atoms with E-state index in [1.807, 2.05) is 0 Å². The van der Waals surface area contributed by atoms with E-state index in [9.17, 15) is 4.79 Å². The summed E-state index contributed by atoms with van der Waals surface area (Å²) >= 11 is 5.80. The average molecular weight is 309 g/mol. The maximum absolute atomic E-state index is 11.9. The number of terminal acetylenes is 1. The lowest BCUT2D eigenvalue weighted by Gasteiger charge is -2.20. The van der Waals surface area contributed by atoms with Gasteiger partial charge in [-0.25, -0.2) is 4.79 Å². The van der Waals surface area contributed by atoms with E-state index in [4.69, 9.17) is 27.5 Å². The van der Waals surface area contributed by atoms with Crippen molar-refractivity contribution >= 4 is 23.3 Å². The molecule has 0 aromatic heterocycles. The van der Waals surface area contributed by atoms with Gasteiger partial charge >= 0.3 is 6.03 Å². The molecule has 0 saturated carbocycles. The summed E-state index contributed by atoms with van der Waals surface area (Å²) in [7, 11) is 0. The van der Waals surface area contributed by atoms with Crippen LogP contribution in [-0.4, -0.2) is 23.2 Å². The normalized spacial score (nSPS) is 19.8. The lowest BCUT2D eigenvalue weighted by Crippen LogP contribution is -2.44. The lowest BCUT2D eigenvalue weighted by atomic mass is 10.1. The SMILES string of the molecule is C#CC(C)(C)NC(=O)Nc1ccc2c(c1)OC(C)(CCl)O2. The molecule has 1 atom stereocenters. The molecule has 0 aliphatic carbocycles. The van der Waals surface area contributed by atoms with E-state index in [0.717, 1.165) is 0 Å². The molecule has 112 valence electrons. The number of hydrogen-bond donors (Lipinski definition) is 2. The average Bonchev–Trinajstić information content (AvgIpc) is 2.74. The lowest BCUT2D eigenvalue weighted by molar-refractivity contribution is -0.0396. The smallest absolute Gasteiger partial charge is 0.320 e. The van der Waals surface area contributed by atoms with Gasteiger partial charge in [-0.15, -0.1) is 18.0 Å². The van der Waals surface area contributed by atoms with Crippen LogP contribution in [0.4, 0.5) is 10.5 Å². The van der Waals surface area contributed by atoms with Gasteiger partial charge in [0.2, 0.25) is 0 Å². The first kappa shape index (κ1) is 15.3. The molecule has 21 heavy (non-hydrogen) atoms. The van der Waals surface area contributed by atoms with Crippen LogP contribution in [0.15, 0.2) is 18.2 Å². The Bertz CT molecular complexity index is 609. The number of carbonyl (C=O) groups is 1. The van der Waals surface area contributed by atoms with E-state index < -0.39 is 17.4 Å². The second kappa shape index (κ2) is 5.38. The van der Waals surface area contributed by atoms with Gasteiger partial charge in [-0.1, -0.05) is 5.92 Å². The zero-order chi connectivity index (χ0) is 15.7. The van der Waals surface area contributed by atoms with Crippen LogP contribution in [0.5, 0.6) is 11.5 Å². The van der Waals surface area contributed by atoms with Crippen LogP contribution in [0, 0.1) is 12.3 Å². The van der Waals surface area contributed by atoms with Gasteiger partial charge in [0.25, 0.3) is 5.79 Å². The maximum atomic E-state index is 11.9. The molecule has 1 aliphatic heterocycles.